The molecule has 2 aromatic rings. The fourth-order valence-corrected chi connectivity index (χ4v) is 2.27. The van der Waals surface area contributed by atoms with Crippen LogP contribution in [0.15, 0.2) is 36.4 Å². The number of aldehydes is 1. The predicted molar refractivity (Wildman–Crippen MR) is 91.5 cm³/mol. The van der Waals surface area contributed by atoms with Gasteiger partial charge in [0.05, 0.1) is 15.6 Å². The minimum atomic E-state index is -0.979. The van der Waals surface area contributed by atoms with E-state index in [-0.39, 0.29) is 18.0 Å². The molecule has 5 heteroatoms. The summed E-state index contributed by atoms with van der Waals surface area (Å²) in [7, 11) is 0. The maximum Gasteiger partial charge on any atom is 0.337 e. The van der Waals surface area contributed by atoms with Crippen LogP contribution in [-0.2, 0) is 0 Å². The van der Waals surface area contributed by atoms with Gasteiger partial charge < -0.3 is 5.11 Å². The molecule has 0 heterocycles. The van der Waals surface area contributed by atoms with Gasteiger partial charge in [-0.25, -0.2) is 4.79 Å². The maximum absolute atomic E-state index is 10.6. The lowest BCUT2D eigenvalue weighted by Crippen LogP contribution is -1.99. The summed E-state index contributed by atoms with van der Waals surface area (Å²) in [5.74, 6) is -0.979. The molecule has 2 aromatic carbocycles. The molecule has 0 amide bonds. The average molecular weight is 341 g/mol. The molecule has 0 saturated carbocycles. The van der Waals surface area contributed by atoms with Crippen molar-refractivity contribution < 1.29 is 14.7 Å². The van der Waals surface area contributed by atoms with Gasteiger partial charge in [0.25, 0.3) is 0 Å². The highest BCUT2D eigenvalue weighted by Gasteiger charge is 2.09. The molecule has 0 aliphatic heterocycles. The minimum Gasteiger partial charge on any atom is -0.478 e. The van der Waals surface area contributed by atoms with E-state index in [0.717, 1.165) is 11.8 Å². The number of benzene rings is 2. The highest BCUT2D eigenvalue weighted by molar-refractivity contribution is 6.33. The van der Waals surface area contributed by atoms with E-state index < -0.39 is 5.97 Å². The number of aromatic carboxylic acids is 1. The van der Waals surface area contributed by atoms with E-state index in [0.29, 0.717) is 16.1 Å². The van der Waals surface area contributed by atoms with E-state index in [2.05, 4.69) is 0 Å². The van der Waals surface area contributed by atoms with Crippen LogP contribution in [0.5, 0.6) is 0 Å². The number of hydrogen-bond donors (Lipinski definition) is 1. The molecule has 1 N–H and O–H groups in total. The van der Waals surface area contributed by atoms with Crippen molar-refractivity contribution in [2.45, 2.75) is 21.3 Å². The Labute approximate surface area is 140 Å². The van der Waals surface area contributed by atoms with Crippen molar-refractivity contribution in [1.82, 2.24) is 0 Å². The van der Waals surface area contributed by atoms with Crippen molar-refractivity contribution in [3.05, 3.63) is 68.7 Å². The van der Waals surface area contributed by atoms with Crippen LogP contribution in [0.2, 0.25) is 10.0 Å². The Bertz CT molecular complexity index is 626. The maximum atomic E-state index is 10.6. The number of carboxylic acid groups (broad SMARTS) is 1. The Hall–Kier alpha value is -1.84. The molecule has 0 aromatic heterocycles. The zero-order valence-corrected chi connectivity index (χ0v) is 13.1. The average Bonchev–Trinajstić information content (AvgIpc) is 2.39. The molecule has 0 saturated heterocycles. The van der Waals surface area contributed by atoms with Crippen LogP contribution in [0.3, 0.4) is 0 Å². The highest BCUT2D eigenvalue weighted by atomic mass is 35.5. The molecule has 0 fully saturated rings. The van der Waals surface area contributed by atoms with Gasteiger partial charge >= 0.3 is 5.97 Å². The van der Waals surface area contributed by atoms with Gasteiger partial charge in [-0.1, -0.05) is 54.9 Å². The molecule has 118 valence electrons. The van der Waals surface area contributed by atoms with E-state index in [1.807, 2.05) is 19.1 Å². The van der Waals surface area contributed by atoms with Crippen LogP contribution in [0.4, 0.5) is 0 Å². The van der Waals surface area contributed by atoms with Crippen molar-refractivity contribution >= 4 is 35.5 Å². The normalized spacial score (nSPS) is 9.09. The summed E-state index contributed by atoms with van der Waals surface area (Å²) in [5, 5.41) is 9.47. The number of aryl methyl sites for hydroxylation is 2. The molecule has 0 spiro atoms. The van der Waals surface area contributed by atoms with Gasteiger partial charge in [-0.05, 0) is 37.1 Å². The topological polar surface area (TPSA) is 54.4 Å². The van der Waals surface area contributed by atoms with Crippen molar-refractivity contribution in [2.24, 2.45) is 0 Å². The molecule has 22 heavy (non-hydrogen) atoms. The standard InChI is InChI=1S/C8H7ClO2.C8H7ClO.CH4/c1-5-3-2-4-6(9)7(5)8(10)11;1-6-3-2-4-8(9)7(6)5-10;/h2-4H,1H3,(H,10,11);2-5H,1H3;1H4. The molecule has 3 nitrogen and oxygen atoms in total. The third-order valence-corrected chi connectivity index (χ3v) is 3.47. The summed E-state index contributed by atoms with van der Waals surface area (Å²) in [6.45, 7) is 3.57. The Morgan fingerprint density at radius 2 is 1.50 bits per heavy atom. The van der Waals surface area contributed by atoms with E-state index in [1.54, 1.807) is 31.2 Å². The first-order valence-electron chi connectivity index (χ1n) is 6.07. The van der Waals surface area contributed by atoms with Gasteiger partial charge in [-0.3, -0.25) is 4.79 Å². The summed E-state index contributed by atoms with van der Waals surface area (Å²) < 4.78 is 0. The lowest BCUT2D eigenvalue weighted by atomic mass is 10.1. The van der Waals surface area contributed by atoms with E-state index in [9.17, 15) is 9.59 Å². The zero-order valence-electron chi connectivity index (χ0n) is 11.6. The fourth-order valence-electron chi connectivity index (χ4n) is 1.70. The number of hydrogen-bond acceptors (Lipinski definition) is 2. The van der Waals surface area contributed by atoms with Crippen LogP contribution in [0.1, 0.15) is 39.3 Å². The zero-order chi connectivity index (χ0) is 16.0. The van der Waals surface area contributed by atoms with Crippen LogP contribution < -0.4 is 0 Å². The van der Waals surface area contributed by atoms with Gasteiger partial charge in [0.2, 0.25) is 0 Å². The van der Waals surface area contributed by atoms with E-state index in [1.165, 1.54) is 0 Å². The summed E-state index contributed by atoms with van der Waals surface area (Å²) in [4.78, 5) is 20.9. The first-order chi connectivity index (χ1) is 9.88. The van der Waals surface area contributed by atoms with Crippen LogP contribution in [0.25, 0.3) is 0 Å². The smallest absolute Gasteiger partial charge is 0.337 e. The van der Waals surface area contributed by atoms with Crippen LogP contribution in [-0.4, -0.2) is 17.4 Å². The van der Waals surface area contributed by atoms with Crippen molar-refractivity contribution in [1.29, 1.82) is 0 Å². The summed E-state index contributed by atoms with van der Waals surface area (Å²) in [5.41, 5.74) is 2.38. The molecule has 0 radical (unpaired) electrons. The Balaban J connectivity index is 0.000000385. The molecule has 2 rings (SSSR count). The third-order valence-electron chi connectivity index (χ3n) is 2.82. The number of carboxylic acids is 1. The minimum absolute atomic E-state index is 0. The fraction of sp³-hybridized carbons (Fsp3) is 0.176. The van der Waals surface area contributed by atoms with Crippen LogP contribution >= 0.6 is 23.2 Å². The van der Waals surface area contributed by atoms with Crippen molar-refractivity contribution in [3.8, 4) is 0 Å². The second kappa shape index (κ2) is 9.23. The molecule has 0 unspecified atom stereocenters. The first kappa shape index (κ1) is 20.2. The SMILES string of the molecule is C.Cc1cccc(Cl)c1C(=O)O.Cc1cccc(Cl)c1C=O. The van der Waals surface area contributed by atoms with Gasteiger partial charge in [0, 0.05) is 5.56 Å². The molecule has 0 bridgehead atoms. The third kappa shape index (κ3) is 5.17. The molecule has 0 aliphatic carbocycles. The Morgan fingerprint density at radius 1 is 1.00 bits per heavy atom. The van der Waals surface area contributed by atoms with Crippen LogP contribution in [0, 0.1) is 13.8 Å². The van der Waals surface area contributed by atoms with Crippen molar-refractivity contribution in [3.63, 3.8) is 0 Å². The largest absolute Gasteiger partial charge is 0.478 e. The number of rotatable bonds is 2. The lowest BCUT2D eigenvalue weighted by molar-refractivity contribution is 0.0696. The molecular formula is C17H18Cl2O3. The second-order valence-electron chi connectivity index (χ2n) is 4.33. The summed E-state index contributed by atoms with van der Waals surface area (Å²) in [6, 6.07) is 10.4. The Kier molecular flexibility index (Phi) is 8.46. The predicted octanol–water partition coefficient (Wildman–Crippen LogP) is 5.44. The van der Waals surface area contributed by atoms with Crippen molar-refractivity contribution in [2.75, 3.05) is 0 Å². The number of halogens is 2. The van der Waals surface area contributed by atoms with E-state index in [4.69, 9.17) is 28.3 Å². The lowest BCUT2D eigenvalue weighted by Gasteiger charge is -2.00. The number of carbonyl (C=O) groups excluding carboxylic acids is 1. The highest BCUT2D eigenvalue weighted by Crippen LogP contribution is 2.18. The first-order valence-corrected chi connectivity index (χ1v) is 6.82. The van der Waals surface area contributed by atoms with Gasteiger partial charge in [0.15, 0.2) is 6.29 Å². The Morgan fingerprint density at radius 3 is 1.82 bits per heavy atom. The summed E-state index contributed by atoms with van der Waals surface area (Å²) in [6.07, 6.45) is 0.775. The monoisotopic (exact) mass is 340 g/mol. The second-order valence-corrected chi connectivity index (χ2v) is 5.14. The molecule has 0 atom stereocenters. The van der Waals surface area contributed by atoms with E-state index >= 15 is 0 Å². The molecule has 0 aliphatic rings. The van der Waals surface area contributed by atoms with Gasteiger partial charge in [0.1, 0.15) is 0 Å². The quantitative estimate of drug-likeness (QED) is 0.740. The van der Waals surface area contributed by atoms with Gasteiger partial charge in [-0.2, -0.15) is 0 Å². The summed E-state index contributed by atoms with van der Waals surface area (Å²) >= 11 is 11.3. The van der Waals surface area contributed by atoms with Gasteiger partial charge in [-0.15, -0.1) is 0 Å². The number of carbonyl (C=O) groups is 2. The molecular weight excluding hydrogens is 323 g/mol.